The molecule has 0 aromatic rings. The molecule has 13 heavy (non-hydrogen) atoms. The van der Waals surface area contributed by atoms with Gasteiger partial charge in [-0.15, -0.1) is 0 Å². The van der Waals surface area contributed by atoms with Gasteiger partial charge >= 0.3 is 13.6 Å². The average molecular weight is 206 g/mol. The zero-order chi connectivity index (χ0) is 10.7. The summed E-state index contributed by atoms with van der Waals surface area (Å²) in [5, 5.41) is 0. The Bertz CT molecular complexity index is 251. The molecular weight excluding hydrogens is 191 g/mol. The van der Waals surface area contributed by atoms with Crippen LogP contribution in [0.25, 0.3) is 0 Å². The summed E-state index contributed by atoms with van der Waals surface area (Å²) in [6, 6.07) is 0. The quantitative estimate of drug-likeness (QED) is 0.525. The zero-order valence-electron chi connectivity index (χ0n) is 8.36. The maximum Gasteiger partial charge on any atom is 0.379 e. The molecule has 1 atom stereocenters. The summed E-state index contributed by atoms with van der Waals surface area (Å²) < 4.78 is 21.1. The van der Waals surface area contributed by atoms with Crippen LogP contribution in [0.3, 0.4) is 0 Å². The summed E-state index contributed by atoms with van der Waals surface area (Å²) in [6.45, 7) is 9.62. The van der Waals surface area contributed by atoms with E-state index in [9.17, 15) is 9.36 Å². The largest absolute Gasteiger partial charge is 0.388 e. The minimum atomic E-state index is -3.31. The first kappa shape index (κ1) is 12.4. The molecule has 0 saturated heterocycles. The summed E-state index contributed by atoms with van der Waals surface area (Å²) in [6.07, 6.45) is 0.947. The van der Waals surface area contributed by atoms with Crippen molar-refractivity contribution in [3.8, 4) is 0 Å². The Morgan fingerprint density at radius 1 is 1.46 bits per heavy atom. The van der Waals surface area contributed by atoms with E-state index in [-0.39, 0.29) is 0 Å². The topological polar surface area (TPSA) is 52.6 Å². The molecule has 5 heteroatoms. The van der Waals surface area contributed by atoms with Gasteiger partial charge in [0.2, 0.25) is 0 Å². The van der Waals surface area contributed by atoms with E-state index in [2.05, 4.69) is 11.1 Å². The lowest BCUT2D eigenvalue weighted by molar-refractivity contribution is -0.129. The molecule has 0 aliphatic heterocycles. The smallest absolute Gasteiger partial charge is 0.379 e. The molecule has 0 aromatic heterocycles. The van der Waals surface area contributed by atoms with Crippen LogP contribution in [0.5, 0.6) is 0 Å². The van der Waals surface area contributed by atoms with Gasteiger partial charge in [0, 0.05) is 6.08 Å². The summed E-state index contributed by atoms with van der Waals surface area (Å²) >= 11 is 0. The van der Waals surface area contributed by atoms with E-state index in [0.29, 0.717) is 0 Å². The molecule has 0 aliphatic rings. The van der Waals surface area contributed by atoms with Crippen molar-refractivity contribution in [2.24, 2.45) is 0 Å². The van der Waals surface area contributed by atoms with Gasteiger partial charge in [-0.2, -0.15) is 0 Å². The molecule has 0 fully saturated rings. The van der Waals surface area contributed by atoms with Crippen molar-refractivity contribution in [3.05, 3.63) is 12.7 Å². The maximum absolute atomic E-state index is 11.5. The van der Waals surface area contributed by atoms with E-state index < -0.39 is 19.2 Å². The van der Waals surface area contributed by atoms with Crippen molar-refractivity contribution in [2.45, 2.75) is 26.4 Å². The molecule has 0 radical (unpaired) electrons. The van der Waals surface area contributed by atoms with Crippen LogP contribution >= 0.6 is 7.60 Å². The SMILES string of the molecule is C=CC(=O)OP(C)(=O)OC(C)(C)C. The van der Waals surface area contributed by atoms with Gasteiger partial charge in [-0.05, 0) is 20.8 Å². The van der Waals surface area contributed by atoms with Crippen molar-refractivity contribution in [1.82, 2.24) is 0 Å². The summed E-state index contributed by atoms with van der Waals surface area (Å²) in [4.78, 5) is 10.7. The lowest BCUT2D eigenvalue weighted by Crippen LogP contribution is -2.18. The summed E-state index contributed by atoms with van der Waals surface area (Å²) in [7, 11) is -3.31. The lowest BCUT2D eigenvalue weighted by atomic mass is 10.2. The Morgan fingerprint density at radius 2 is 1.92 bits per heavy atom. The molecule has 0 saturated carbocycles. The highest BCUT2D eigenvalue weighted by Crippen LogP contribution is 2.47. The average Bonchev–Trinajstić information content (AvgIpc) is 1.80. The van der Waals surface area contributed by atoms with Crippen molar-refractivity contribution in [3.63, 3.8) is 0 Å². The van der Waals surface area contributed by atoms with Gasteiger partial charge < -0.3 is 4.52 Å². The van der Waals surface area contributed by atoms with E-state index in [1.807, 2.05) is 0 Å². The first-order valence-electron chi connectivity index (χ1n) is 3.80. The third-order valence-corrected chi connectivity index (χ3v) is 2.25. The molecule has 0 rings (SSSR count). The fourth-order valence-electron chi connectivity index (χ4n) is 0.717. The lowest BCUT2D eigenvalue weighted by Gasteiger charge is -2.23. The second-order valence-electron chi connectivity index (χ2n) is 3.59. The first-order valence-corrected chi connectivity index (χ1v) is 5.79. The summed E-state index contributed by atoms with van der Waals surface area (Å²) in [5.74, 6) is -0.741. The second-order valence-corrected chi connectivity index (χ2v) is 5.50. The van der Waals surface area contributed by atoms with Crippen LogP contribution in [-0.4, -0.2) is 18.2 Å². The fraction of sp³-hybridized carbons (Fsp3) is 0.625. The van der Waals surface area contributed by atoms with E-state index in [1.54, 1.807) is 20.8 Å². The highest BCUT2D eigenvalue weighted by molar-refractivity contribution is 7.53. The highest BCUT2D eigenvalue weighted by Gasteiger charge is 2.27. The van der Waals surface area contributed by atoms with Gasteiger partial charge in [-0.3, -0.25) is 4.52 Å². The minimum absolute atomic E-state index is 0.605. The normalized spacial score (nSPS) is 16.0. The van der Waals surface area contributed by atoms with Crippen molar-refractivity contribution in [1.29, 1.82) is 0 Å². The first-order chi connectivity index (χ1) is 5.66. The molecular formula is C8H15O4P. The van der Waals surface area contributed by atoms with Gasteiger partial charge in [0.25, 0.3) is 0 Å². The maximum atomic E-state index is 11.5. The van der Waals surface area contributed by atoms with Gasteiger partial charge in [0.15, 0.2) is 0 Å². The molecule has 0 heterocycles. The highest BCUT2D eigenvalue weighted by atomic mass is 31.2. The van der Waals surface area contributed by atoms with E-state index >= 15 is 0 Å². The Balaban J connectivity index is 4.34. The van der Waals surface area contributed by atoms with E-state index in [1.165, 1.54) is 6.66 Å². The van der Waals surface area contributed by atoms with Gasteiger partial charge in [0.1, 0.15) is 0 Å². The molecule has 76 valence electrons. The zero-order valence-corrected chi connectivity index (χ0v) is 9.26. The van der Waals surface area contributed by atoms with Gasteiger partial charge in [-0.1, -0.05) is 6.58 Å². The monoisotopic (exact) mass is 206 g/mol. The van der Waals surface area contributed by atoms with Crippen LogP contribution < -0.4 is 0 Å². The van der Waals surface area contributed by atoms with Crippen LogP contribution in [0.4, 0.5) is 0 Å². The van der Waals surface area contributed by atoms with Crippen LogP contribution in [0.2, 0.25) is 0 Å². The van der Waals surface area contributed by atoms with E-state index in [4.69, 9.17) is 4.52 Å². The van der Waals surface area contributed by atoms with Crippen molar-refractivity contribution < 1.29 is 18.4 Å². The molecule has 0 bridgehead atoms. The Morgan fingerprint density at radius 3 is 2.23 bits per heavy atom. The second kappa shape index (κ2) is 4.07. The fourth-order valence-corrected chi connectivity index (χ4v) is 2.15. The molecule has 0 amide bonds. The van der Waals surface area contributed by atoms with Crippen LogP contribution in [-0.2, 0) is 18.4 Å². The predicted molar refractivity (Wildman–Crippen MR) is 50.7 cm³/mol. The molecule has 0 spiro atoms. The van der Waals surface area contributed by atoms with Crippen molar-refractivity contribution in [2.75, 3.05) is 6.66 Å². The number of carbonyl (C=O) groups is 1. The number of carbonyl (C=O) groups excluding carboxylic acids is 1. The van der Waals surface area contributed by atoms with Crippen LogP contribution in [0.15, 0.2) is 12.7 Å². The number of rotatable bonds is 3. The third kappa shape index (κ3) is 6.55. The Kier molecular flexibility index (Phi) is 3.88. The van der Waals surface area contributed by atoms with Crippen LogP contribution in [0, 0.1) is 0 Å². The molecule has 1 unspecified atom stereocenters. The number of hydrogen-bond acceptors (Lipinski definition) is 4. The minimum Gasteiger partial charge on any atom is -0.388 e. The molecule has 0 aromatic carbocycles. The van der Waals surface area contributed by atoms with Crippen molar-refractivity contribution >= 4 is 13.6 Å². The van der Waals surface area contributed by atoms with E-state index in [0.717, 1.165) is 6.08 Å². The standard InChI is InChI=1S/C8H15O4P/c1-6-7(9)11-13(5,10)12-8(2,3)4/h6H,1H2,2-5H3. The van der Waals surface area contributed by atoms with Gasteiger partial charge in [-0.25, -0.2) is 9.36 Å². The molecule has 0 N–H and O–H groups in total. The third-order valence-electron chi connectivity index (χ3n) is 0.862. The Hall–Kier alpha value is -0.600. The predicted octanol–water partition coefficient (Wildman–Crippen LogP) is 2.35. The van der Waals surface area contributed by atoms with Gasteiger partial charge in [0.05, 0.1) is 12.3 Å². The Labute approximate surface area is 78.5 Å². The van der Waals surface area contributed by atoms with Crippen LogP contribution in [0.1, 0.15) is 20.8 Å². The molecule has 4 nitrogen and oxygen atoms in total. The summed E-state index contributed by atoms with van der Waals surface area (Å²) in [5.41, 5.74) is -0.605. The number of hydrogen-bond donors (Lipinski definition) is 0. The molecule has 0 aliphatic carbocycles.